The van der Waals surface area contributed by atoms with Crippen molar-refractivity contribution in [1.82, 2.24) is 5.32 Å². The molecule has 0 bridgehead atoms. The highest BCUT2D eigenvalue weighted by Crippen LogP contribution is 2.24. The lowest BCUT2D eigenvalue weighted by molar-refractivity contribution is -0.125. The molecule has 0 aromatic heterocycles. The molecule has 0 aliphatic rings. The van der Waals surface area contributed by atoms with Gasteiger partial charge in [-0.2, -0.15) is 0 Å². The minimum absolute atomic E-state index is 0.0228. The van der Waals surface area contributed by atoms with E-state index in [-0.39, 0.29) is 17.4 Å². The molecule has 144 valence electrons. The van der Waals surface area contributed by atoms with E-state index in [0.717, 1.165) is 12.0 Å². The average Bonchev–Trinajstić information content (AvgIpc) is 2.65. The van der Waals surface area contributed by atoms with Gasteiger partial charge in [-0.05, 0) is 30.0 Å². The number of carbonyl (C=O) groups is 2. The molecule has 6 nitrogen and oxygen atoms in total. The second kappa shape index (κ2) is 9.62. The quantitative estimate of drug-likeness (QED) is 0.694. The SMILES string of the molecule is COc1ccc(C(=O)OCC(=O)N[C@@H](CC(C)C)c2ccccc2)c(O)c1. The van der Waals surface area contributed by atoms with Gasteiger partial charge in [0, 0.05) is 6.07 Å². The molecule has 1 amide bonds. The van der Waals surface area contributed by atoms with Gasteiger partial charge in [0.1, 0.15) is 17.1 Å². The molecule has 0 unspecified atom stereocenters. The zero-order chi connectivity index (χ0) is 19.8. The summed E-state index contributed by atoms with van der Waals surface area (Å²) in [5.74, 6) is -0.631. The molecule has 1 atom stereocenters. The normalized spacial score (nSPS) is 11.7. The number of nitrogens with one attached hydrogen (secondary N) is 1. The number of methoxy groups -OCH3 is 1. The van der Waals surface area contributed by atoms with Crippen molar-refractivity contribution in [2.45, 2.75) is 26.3 Å². The molecule has 0 aliphatic heterocycles. The van der Waals surface area contributed by atoms with Crippen LogP contribution in [0.15, 0.2) is 48.5 Å². The number of hydrogen-bond acceptors (Lipinski definition) is 5. The van der Waals surface area contributed by atoms with Crippen LogP contribution in [0.5, 0.6) is 11.5 Å². The number of hydrogen-bond donors (Lipinski definition) is 2. The largest absolute Gasteiger partial charge is 0.507 e. The van der Waals surface area contributed by atoms with Crippen molar-refractivity contribution in [2.24, 2.45) is 5.92 Å². The Balaban J connectivity index is 1.96. The highest BCUT2D eigenvalue weighted by Gasteiger charge is 2.19. The number of phenolic OH excluding ortho intramolecular Hbond substituents is 1. The van der Waals surface area contributed by atoms with E-state index >= 15 is 0 Å². The molecule has 0 saturated carbocycles. The highest BCUT2D eigenvalue weighted by molar-refractivity contribution is 5.94. The zero-order valence-corrected chi connectivity index (χ0v) is 15.8. The first-order chi connectivity index (χ1) is 12.9. The molecule has 2 rings (SSSR count). The van der Waals surface area contributed by atoms with Crippen LogP contribution in [-0.4, -0.2) is 30.7 Å². The van der Waals surface area contributed by atoms with Crippen LogP contribution in [0.2, 0.25) is 0 Å². The molecule has 0 radical (unpaired) electrons. The third-order valence-electron chi connectivity index (χ3n) is 4.00. The lowest BCUT2D eigenvalue weighted by Crippen LogP contribution is -2.33. The van der Waals surface area contributed by atoms with E-state index in [1.807, 2.05) is 30.3 Å². The number of benzene rings is 2. The zero-order valence-electron chi connectivity index (χ0n) is 15.8. The number of ether oxygens (including phenoxy) is 2. The summed E-state index contributed by atoms with van der Waals surface area (Å²) in [4.78, 5) is 24.4. The van der Waals surface area contributed by atoms with Gasteiger partial charge >= 0.3 is 5.97 Å². The fourth-order valence-electron chi connectivity index (χ4n) is 2.69. The highest BCUT2D eigenvalue weighted by atomic mass is 16.5. The molecule has 2 aromatic carbocycles. The van der Waals surface area contributed by atoms with Gasteiger partial charge in [-0.3, -0.25) is 4.79 Å². The summed E-state index contributed by atoms with van der Waals surface area (Å²) in [7, 11) is 1.46. The second-order valence-corrected chi connectivity index (χ2v) is 6.62. The van der Waals surface area contributed by atoms with Crippen LogP contribution < -0.4 is 10.1 Å². The fraction of sp³-hybridized carbons (Fsp3) is 0.333. The van der Waals surface area contributed by atoms with Crippen LogP contribution in [0.1, 0.15) is 42.2 Å². The van der Waals surface area contributed by atoms with Gasteiger partial charge in [-0.1, -0.05) is 44.2 Å². The van der Waals surface area contributed by atoms with E-state index in [2.05, 4.69) is 19.2 Å². The van der Waals surface area contributed by atoms with Gasteiger partial charge in [0.05, 0.1) is 13.2 Å². The smallest absolute Gasteiger partial charge is 0.342 e. The summed E-state index contributed by atoms with van der Waals surface area (Å²) in [6.45, 7) is 3.73. The standard InChI is InChI=1S/C21H25NO5/c1-14(2)11-18(15-7-5-4-6-8-15)22-20(24)13-27-21(25)17-10-9-16(26-3)12-19(17)23/h4-10,12,14,18,23H,11,13H2,1-3H3,(H,22,24)/t18-/m0/s1. The van der Waals surface area contributed by atoms with Crippen molar-refractivity contribution < 1.29 is 24.2 Å². The molecular weight excluding hydrogens is 346 g/mol. The third kappa shape index (κ3) is 6.02. The Morgan fingerprint density at radius 3 is 2.41 bits per heavy atom. The predicted octanol–water partition coefficient (Wildman–Crippen LogP) is 3.46. The lowest BCUT2D eigenvalue weighted by Gasteiger charge is -2.21. The summed E-state index contributed by atoms with van der Waals surface area (Å²) in [6, 6.07) is 13.7. The first-order valence-electron chi connectivity index (χ1n) is 8.79. The first-order valence-corrected chi connectivity index (χ1v) is 8.79. The minimum Gasteiger partial charge on any atom is -0.507 e. The molecular formula is C21H25NO5. The lowest BCUT2D eigenvalue weighted by atomic mass is 9.97. The Labute approximate surface area is 159 Å². The van der Waals surface area contributed by atoms with Gasteiger partial charge in [0.2, 0.25) is 0 Å². The molecule has 0 aliphatic carbocycles. The van der Waals surface area contributed by atoms with Crippen molar-refractivity contribution in [1.29, 1.82) is 0 Å². The van der Waals surface area contributed by atoms with Gasteiger partial charge < -0.3 is 19.9 Å². The van der Waals surface area contributed by atoms with Gasteiger partial charge in [-0.15, -0.1) is 0 Å². The Morgan fingerprint density at radius 2 is 1.81 bits per heavy atom. The summed E-state index contributed by atoms with van der Waals surface area (Å²) in [5.41, 5.74) is 0.976. The van der Waals surface area contributed by atoms with Crippen molar-refractivity contribution >= 4 is 11.9 Å². The molecule has 27 heavy (non-hydrogen) atoms. The summed E-state index contributed by atoms with van der Waals surface area (Å²) in [5, 5.41) is 12.8. The maximum atomic E-state index is 12.3. The van der Waals surface area contributed by atoms with Crippen molar-refractivity contribution in [2.75, 3.05) is 13.7 Å². The molecule has 0 spiro atoms. The van der Waals surface area contributed by atoms with E-state index in [1.54, 1.807) is 0 Å². The van der Waals surface area contributed by atoms with E-state index in [1.165, 1.54) is 25.3 Å². The van der Waals surface area contributed by atoms with E-state index < -0.39 is 18.5 Å². The van der Waals surface area contributed by atoms with Crippen LogP contribution in [0.3, 0.4) is 0 Å². The Kier molecular flexibility index (Phi) is 7.23. The minimum atomic E-state index is -0.773. The van der Waals surface area contributed by atoms with Crippen LogP contribution in [-0.2, 0) is 9.53 Å². The van der Waals surface area contributed by atoms with Crippen molar-refractivity contribution in [3.8, 4) is 11.5 Å². The van der Waals surface area contributed by atoms with Crippen molar-refractivity contribution in [3.63, 3.8) is 0 Å². The van der Waals surface area contributed by atoms with Crippen LogP contribution in [0.25, 0.3) is 0 Å². The number of rotatable bonds is 8. The Morgan fingerprint density at radius 1 is 1.11 bits per heavy atom. The van der Waals surface area contributed by atoms with Crippen LogP contribution in [0.4, 0.5) is 0 Å². The number of carbonyl (C=O) groups excluding carboxylic acids is 2. The fourth-order valence-corrected chi connectivity index (χ4v) is 2.69. The molecule has 0 heterocycles. The molecule has 0 saturated heterocycles. The molecule has 6 heteroatoms. The van der Waals surface area contributed by atoms with Gasteiger partial charge in [0.25, 0.3) is 5.91 Å². The van der Waals surface area contributed by atoms with Crippen LogP contribution in [0, 0.1) is 5.92 Å². The molecule has 2 aromatic rings. The number of esters is 1. The van der Waals surface area contributed by atoms with E-state index in [4.69, 9.17) is 9.47 Å². The number of aromatic hydroxyl groups is 1. The van der Waals surface area contributed by atoms with E-state index in [0.29, 0.717) is 11.7 Å². The van der Waals surface area contributed by atoms with Crippen LogP contribution >= 0.6 is 0 Å². The van der Waals surface area contributed by atoms with E-state index in [9.17, 15) is 14.7 Å². The summed E-state index contributed by atoms with van der Waals surface area (Å²) in [6.07, 6.45) is 0.767. The predicted molar refractivity (Wildman–Crippen MR) is 102 cm³/mol. The summed E-state index contributed by atoms with van der Waals surface area (Å²) >= 11 is 0. The maximum Gasteiger partial charge on any atom is 0.342 e. The first kappa shape index (κ1) is 20.3. The van der Waals surface area contributed by atoms with Gasteiger partial charge in [-0.25, -0.2) is 4.79 Å². The number of phenols is 1. The topological polar surface area (TPSA) is 84.9 Å². The van der Waals surface area contributed by atoms with Gasteiger partial charge in [0.15, 0.2) is 6.61 Å². The average molecular weight is 371 g/mol. The second-order valence-electron chi connectivity index (χ2n) is 6.62. The maximum absolute atomic E-state index is 12.3. The molecule has 0 fully saturated rings. The Bertz CT molecular complexity index is 773. The van der Waals surface area contributed by atoms with Crippen molar-refractivity contribution in [3.05, 3.63) is 59.7 Å². The molecule has 2 N–H and O–H groups in total. The Hall–Kier alpha value is -3.02. The summed E-state index contributed by atoms with van der Waals surface area (Å²) < 4.78 is 10.0. The monoisotopic (exact) mass is 371 g/mol. The third-order valence-corrected chi connectivity index (χ3v) is 4.00. The number of amides is 1.